The van der Waals surface area contributed by atoms with Crippen LogP contribution in [0.1, 0.15) is 5.56 Å². The lowest BCUT2D eigenvalue weighted by atomic mass is 10.1. The summed E-state index contributed by atoms with van der Waals surface area (Å²) < 4.78 is 2.57. The number of aromatic nitrogens is 3. The molecule has 0 unspecified atom stereocenters. The number of H-pyrrole nitrogens is 1. The second-order valence-corrected chi connectivity index (χ2v) is 5.71. The van der Waals surface area contributed by atoms with Crippen LogP contribution in [0, 0.1) is 16.0 Å². The minimum absolute atomic E-state index is 0.528. The van der Waals surface area contributed by atoms with E-state index in [2.05, 4.69) is 16.0 Å². The molecule has 4 aromatic rings. The largest absolute Gasteiger partial charge is 0.336 e. The van der Waals surface area contributed by atoms with Gasteiger partial charge < -0.3 is 9.55 Å². The summed E-state index contributed by atoms with van der Waals surface area (Å²) in [4.78, 5) is 7.35. The smallest absolute Gasteiger partial charge is 0.131 e. The summed E-state index contributed by atoms with van der Waals surface area (Å²) in [6.07, 6.45) is 1.54. The monoisotopic (exact) mass is 328 g/mol. The van der Waals surface area contributed by atoms with Crippen LogP contribution in [0.4, 0.5) is 0 Å². The van der Waals surface area contributed by atoms with Gasteiger partial charge in [0.25, 0.3) is 0 Å². The van der Waals surface area contributed by atoms with Crippen molar-refractivity contribution in [1.29, 1.82) is 5.26 Å². The number of nitrogens with one attached hydrogen (secondary N) is 1. The normalized spacial score (nSPS) is 10.6. The van der Waals surface area contributed by atoms with Crippen molar-refractivity contribution in [2.24, 2.45) is 0 Å². The lowest BCUT2D eigenvalue weighted by Gasteiger charge is -2.11. The number of hydrogen-bond donors (Lipinski definition) is 1. The van der Waals surface area contributed by atoms with E-state index in [4.69, 9.17) is 12.2 Å². The number of nitrogens with zero attached hydrogens (tertiary/aromatic N) is 3. The highest BCUT2D eigenvalue weighted by Crippen LogP contribution is 2.35. The average molecular weight is 328 g/mol. The first-order chi connectivity index (χ1) is 11.8. The summed E-state index contributed by atoms with van der Waals surface area (Å²) >= 11 is 5.49. The Kier molecular flexibility index (Phi) is 3.45. The van der Waals surface area contributed by atoms with Crippen LogP contribution in [0.5, 0.6) is 0 Å². The van der Waals surface area contributed by atoms with Gasteiger partial charge >= 0.3 is 0 Å². The molecule has 0 aliphatic carbocycles. The van der Waals surface area contributed by atoms with Crippen molar-refractivity contribution in [1.82, 2.24) is 14.5 Å². The number of aromatic amines is 1. The van der Waals surface area contributed by atoms with Crippen molar-refractivity contribution >= 4 is 23.3 Å². The van der Waals surface area contributed by atoms with E-state index in [1.54, 1.807) is 0 Å². The zero-order valence-electron chi connectivity index (χ0n) is 12.6. The minimum atomic E-state index is 0.528. The van der Waals surface area contributed by atoms with Crippen molar-refractivity contribution in [3.05, 3.63) is 77.2 Å². The molecule has 0 radical (unpaired) electrons. The molecule has 4 rings (SSSR count). The molecule has 0 amide bonds. The molecule has 24 heavy (non-hydrogen) atoms. The first-order valence-electron chi connectivity index (χ1n) is 7.44. The summed E-state index contributed by atoms with van der Waals surface area (Å²) in [6.45, 7) is 0. The van der Waals surface area contributed by atoms with Gasteiger partial charge in [0, 0.05) is 5.69 Å². The maximum Gasteiger partial charge on any atom is 0.131 e. The lowest BCUT2D eigenvalue weighted by Crippen LogP contribution is -1.98. The molecule has 2 aromatic heterocycles. The first kappa shape index (κ1) is 14.4. The van der Waals surface area contributed by atoms with Crippen LogP contribution in [0.25, 0.3) is 28.0 Å². The highest BCUT2D eigenvalue weighted by atomic mass is 32.1. The molecule has 2 heterocycles. The van der Waals surface area contributed by atoms with E-state index in [9.17, 15) is 5.26 Å². The van der Waals surface area contributed by atoms with Gasteiger partial charge in [0.1, 0.15) is 27.3 Å². The van der Waals surface area contributed by atoms with Crippen molar-refractivity contribution in [3.63, 3.8) is 0 Å². The second kappa shape index (κ2) is 5.76. The third kappa shape index (κ3) is 2.13. The Hall–Kier alpha value is -3.23. The Labute approximate surface area is 143 Å². The zero-order chi connectivity index (χ0) is 16.5. The molecule has 5 heteroatoms. The Morgan fingerprint density at radius 3 is 2.33 bits per heavy atom. The third-order valence-electron chi connectivity index (χ3n) is 3.92. The van der Waals surface area contributed by atoms with E-state index < -0.39 is 0 Å². The van der Waals surface area contributed by atoms with E-state index in [1.165, 1.54) is 6.33 Å². The third-order valence-corrected chi connectivity index (χ3v) is 4.23. The van der Waals surface area contributed by atoms with Crippen LogP contribution in [0.3, 0.4) is 0 Å². The standard InChI is InChI=1S/C19H12N4S/c20-11-15-16-18(19(24)22-12-21-16)23(14-9-5-2-6-10-14)17(15)13-7-3-1-4-8-13/h1-10,12H,(H,21,22,24). The summed E-state index contributed by atoms with van der Waals surface area (Å²) in [7, 11) is 0. The predicted octanol–water partition coefficient (Wildman–Crippen LogP) is 4.62. The van der Waals surface area contributed by atoms with Crippen molar-refractivity contribution < 1.29 is 0 Å². The molecule has 4 nitrogen and oxygen atoms in total. The van der Waals surface area contributed by atoms with E-state index >= 15 is 0 Å². The molecular formula is C19H12N4S. The Balaban J connectivity index is 2.24. The first-order valence-corrected chi connectivity index (χ1v) is 7.85. The van der Waals surface area contributed by atoms with Gasteiger partial charge in [-0.25, -0.2) is 4.98 Å². The fraction of sp³-hybridized carbons (Fsp3) is 0. The molecule has 2 aromatic carbocycles. The fourth-order valence-corrected chi connectivity index (χ4v) is 3.17. The molecule has 0 bridgehead atoms. The van der Waals surface area contributed by atoms with Gasteiger partial charge in [-0.05, 0) is 17.7 Å². The molecular weight excluding hydrogens is 316 g/mol. The SMILES string of the molecule is N#Cc1c(-c2ccccc2)n(-c2ccccc2)c2c(=S)[nH]cnc12. The molecule has 0 aliphatic heterocycles. The maximum atomic E-state index is 9.78. The molecule has 0 aliphatic rings. The van der Waals surface area contributed by atoms with Gasteiger partial charge in [-0.15, -0.1) is 0 Å². The van der Waals surface area contributed by atoms with Gasteiger partial charge in [-0.3, -0.25) is 0 Å². The number of benzene rings is 2. The van der Waals surface area contributed by atoms with Gasteiger partial charge in [0.15, 0.2) is 0 Å². The van der Waals surface area contributed by atoms with Crippen molar-refractivity contribution in [2.45, 2.75) is 0 Å². The van der Waals surface area contributed by atoms with Crippen LogP contribution in [-0.2, 0) is 0 Å². The fourth-order valence-electron chi connectivity index (χ4n) is 2.93. The Bertz CT molecular complexity index is 1120. The highest BCUT2D eigenvalue weighted by Gasteiger charge is 2.21. The van der Waals surface area contributed by atoms with Gasteiger partial charge in [-0.2, -0.15) is 5.26 Å². The molecule has 0 saturated heterocycles. The molecule has 0 saturated carbocycles. The Morgan fingerprint density at radius 1 is 1.00 bits per heavy atom. The van der Waals surface area contributed by atoms with Crippen LogP contribution >= 0.6 is 12.2 Å². The lowest BCUT2D eigenvalue weighted by molar-refractivity contribution is 1.10. The van der Waals surface area contributed by atoms with Gasteiger partial charge in [-0.1, -0.05) is 60.7 Å². The van der Waals surface area contributed by atoms with Crippen LogP contribution in [-0.4, -0.2) is 14.5 Å². The summed E-state index contributed by atoms with van der Waals surface area (Å²) in [5, 5.41) is 9.78. The topological polar surface area (TPSA) is 57.4 Å². The summed E-state index contributed by atoms with van der Waals surface area (Å²) in [5.74, 6) is 0. The van der Waals surface area contributed by atoms with Crippen LogP contribution in [0.15, 0.2) is 67.0 Å². The zero-order valence-corrected chi connectivity index (χ0v) is 13.4. The van der Waals surface area contributed by atoms with Crippen molar-refractivity contribution in [3.8, 4) is 23.0 Å². The number of fused-ring (bicyclic) bond motifs is 1. The summed E-state index contributed by atoms with van der Waals surface area (Å²) in [5.41, 5.74) is 4.58. The van der Waals surface area contributed by atoms with E-state index in [-0.39, 0.29) is 0 Å². The second-order valence-electron chi connectivity index (χ2n) is 5.30. The maximum absolute atomic E-state index is 9.78. The van der Waals surface area contributed by atoms with E-state index in [0.29, 0.717) is 15.7 Å². The number of para-hydroxylation sites is 1. The number of nitriles is 1. The Morgan fingerprint density at radius 2 is 1.67 bits per heavy atom. The summed E-state index contributed by atoms with van der Waals surface area (Å²) in [6, 6.07) is 22.0. The molecule has 0 fully saturated rings. The van der Waals surface area contributed by atoms with Crippen molar-refractivity contribution in [2.75, 3.05) is 0 Å². The van der Waals surface area contributed by atoms with Gasteiger partial charge in [0.2, 0.25) is 0 Å². The number of hydrogen-bond acceptors (Lipinski definition) is 3. The molecule has 114 valence electrons. The minimum Gasteiger partial charge on any atom is -0.336 e. The van der Waals surface area contributed by atoms with E-state index in [1.807, 2.05) is 65.2 Å². The molecule has 1 N–H and O–H groups in total. The van der Waals surface area contributed by atoms with Crippen LogP contribution < -0.4 is 0 Å². The van der Waals surface area contributed by atoms with Crippen LogP contribution in [0.2, 0.25) is 0 Å². The average Bonchev–Trinajstić information content (AvgIpc) is 2.99. The van der Waals surface area contributed by atoms with Gasteiger partial charge in [0.05, 0.1) is 12.0 Å². The molecule has 0 spiro atoms. The quantitative estimate of drug-likeness (QED) is 0.546. The number of rotatable bonds is 2. The predicted molar refractivity (Wildman–Crippen MR) is 96.4 cm³/mol. The highest BCUT2D eigenvalue weighted by molar-refractivity contribution is 7.71. The van der Waals surface area contributed by atoms with E-state index in [0.717, 1.165) is 22.5 Å². The molecule has 0 atom stereocenters.